The number of aromatic nitrogens is 2. The Morgan fingerprint density at radius 3 is 2.61 bits per heavy atom. The second-order valence-corrected chi connectivity index (χ2v) is 9.04. The maximum atomic E-state index is 13.8. The highest BCUT2D eigenvalue weighted by atomic mass is 35.5. The summed E-state index contributed by atoms with van der Waals surface area (Å²) in [5, 5.41) is 6.83. The number of piperidine rings is 1. The number of likely N-dealkylation sites (tertiary alicyclic amines) is 1. The Bertz CT molecular complexity index is 1150. The molecule has 0 bridgehead atoms. The van der Waals surface area contributed by atoms with Gasteiger partial charge in [-0.2, -0.15) is 0 Å². The molecule has 2 amide bonds. The van der Waals surface area contributed by atoms with Crippen molar-refractivity contribution in [1.29, 1.82) is 0 Å². The smallest absolute Gasteiger partial charge is 0.268 e. The molecular formula is C24H27ClFN5O2. The zero-order valence-electron chi connectivity index (χ0n) is 18.6. The number of amides is 2. The average Bonchev–Trinajstić information content (AvgIpc) is 3.13. The van der Waals surface area contributed by atoms with Gasteiger partial charge in [-0.1, -0.05) is 11.6 Å². The van der Waals surface area contributed by atoms with Gasteiger partial charge in [0.05, 0.1) is 5.02 Å². The lowest BCUT2D eigenvalue weighted by Gasteiger charge is -2.34. The summed E-state index contributed by atoms with van der Waals surface area (Å²) in [6, 6.07) is 9.65. The predicted octanol–water partition coefficient (Wildman–Crippen LogP) is 4.07. The molecule has 1 aliphatic rings. The first-order valence-corrected chi connectivity index (χ1v) is 11.4. The lowest BCUT2D eigenvalue weighted by Crippen LogP contribution is -2.47. The number of nitrogens with zero attached hydrogens (tertiary/aromatic N) is 3. The van der Waals surface area contributed by atoms with Crippen molar-refractivity contribution >= 4 is 40.1 Å². The average molecular weight is 472 g/mol. The molecule has 174 valence electrons. The minimum atomic E-state index is -0.400. The van der Waals surface area contributed by atoms with Crippen LogP contribution in [0.15, 0.2) is 42.6 Å². The molecule has 1 fully saturated rings. The Kier molecular flexibility index (Phi) is 6.95. The predicted molar refractivity (Wildman–Crippen MR) is 127 cm³/mol. The van der Waals surface area contributed by atoms with Crippen LogP contribution in [-0.4, -0.2) is 51.4 Å². The van der Waals surface area contributed by atoms with Gasteiger partial charge in [0.2, 0.25) is 5.91 Å². The molecule has 2 N–H and O–H groups in total. The molecule has 3 heterocycles. The molecule has 2 aromatic heterocycles. The molecule has 4 rings (SSSR count). The van der Waals surface area contributed by atoms with Crippen LogP contribution in [0.5, 0.6) is 0 Å². The monoisotopic (exact) mass is 471 g/mol. The number of fused-ring (bicyclic) bond motifs is 1. The van der Waals surface area contributed by atoms with Gasteiger partial charge >= 0.3 is 0 Å². The summed E-state index contributed by atoms with van der Waals surface area (Å²) < 4.78 is 15.4. The van der Waals surface area contributed by atoms with E-state index >= 15 is 0 Å². The number of pyridine rings is 1. The summed E-state index contributed by atoms with van der Waals surface area (Å²) in [5.41, 5.74) is 0.927. The summed E-state index contributed by atoms with van der Waals surface area (Å²) in [6.07, 6.45) is 3.16. The van der Waals surface area contributed by atoms with Crippen LogP contribution in [0.2, 0.25) is 5.02 Å². The first kappa shape index (κ1) is 23.2. The minimum Gasteiger partial charge on any atom is -0.348 e. The molecule has 3 aromatic rings. The van der Waals surface area contributed by atoms with E-state index in [4.69, 9.17) is 11.6 Å². The molecule has 0 spiro atoms. The zero-order chi connectivity index (χ0) is 23.5. The number of carbonyl (C=O) groups is 2. The van der Waals surface area contributed by atoms with Crippen LogP contribution in [0.25, 0.3) is 10.9 Å². The molecule has 33 heavy (non-hydrogen) atoms. The Morgan fingerprint density at radius 1 is 1.18 bits per heavy atom. The van der Waals surface area contributed by atoms with Gasteiger partial charge in [0.15, 0.2) is 0 Å². The van der Waals surface area contributed by atoms with E-state index in [9.17, 15) is 14.0 Å². The number of hydrogen-bond acceptors (Lipinski definition) is 4. The van der Waals surface area contributed by atoms with E-state index < -0.39 is 5.82 Å². The Hall–Kier alpha value is -2.97. The fraction of sp³-hybridized carbons (Fsp3) is 0.375. The molecule has 0 saturated carbocycles. The highest BCUT2D eigenvalue weighted by Crippen LogP contribution is 2.22. The number of rotatable bonds is 6. The molecule has 0 atom stereocenters. The fourth-order valence-electron chi connectivity index (χ4n) is 4.20. The summed E-state index contributed by atoms with van der Waals surface area (Å²) in [4.78, 5) is 32.4. The molecule has 0 aliphatic carbocycles. The van der Waals surface area contributed by atoms with Crippen molar-refractivity contribution in [2.45, 2.75) is 45.3 Å². The Morgan fingerprint density at radius 2 is 1.94 bits per heavy atom. The molecule has 0 unspecified atom stereocenters. The quantitative estimate of drug-likeness (QED) is 0.568. The third kappa shape index (κ3) is 5.51. The number of halogens is 2. The number of carbonyl (C=O) groups excluding carboxylic acids is 2. The van der Waals surface area contributed by atoms with Gasteiger partial charge in [-0.25, -0.2) is 9.37 Å². The van der Waals surface area contributed by atoms with E-state index in [1.807, 2.05) is 0 Å². The third-order valence-electron chi connectivity index (χ3n) is 5.99. The summed E-state index contributed by atoms with van der Waals surface area (Å²) >= 11 is 5.84. The molecule has 9 heteroatoms. The van der Waals surface area contributed by atoms with Crippen molar-refractivity contribution in [3.8, 4) is 0 Å². The largest absolute Gasteiger partial charge is 0.348 e. The summed E-state index contributed by atoms with van der Waals surface area (Å²) in [5.74, 6) is -0.671. The lowest BCUT2D eigenvalue weighted by atomic mass is 10.0. The van der Waals surface area contributed by atoms with Gasteiger partial charge in [-0.3, -0.25) is 9.59 Å². The third-order valence-corrected chi connectivity index (χ3v) is 6.21. The number of nitrogens with one attached hydrogen (secondary N) is 2. The van der Waals surface area contributed by atoms with Crippen LogP contribution < -0.4 is 10.6 Å². The SMILES string of the molecule is CC(C)N1CCC(NC(=O)c2cc3cc(F)ccc3n2CC(=O)Nc2ccc(Cl)cn2)CC1. The Labute approximate surface area is 196 Å². The molecular weight excluding hydrogens is 445 g/mol. The van der Waals surface area contributed by atoms with Gasteiger partial charge in [0.25, 0.3) is 5.91 Å². The molecule has 7 nitrogen and oxygen atoms in total. The standard InChI is InChI=1S/C24H27ClFN5O2/c1-15(2)30-9-7-19(8-10-30)28-24(33)21-12-16-11-18(26)4-5-20(16)31(21)14-23(32)29-22-6-3-17(25)13-27-22/h3-6,11-13,15,19H,7-10,14H2,1-2H3,(H,28,33)(H,27,29,32). The van der Waals surface area contributed by atoms with Crippen LogP contribution in [-0.2, 0) is 11.3 Å². The van der Waals surface area contributed by atoms with E-state index in [1.165, 1.54) is 18.3 Å². The van der Waals surface area contributed by atoms with E-state index in [1.54, 1.807) is 28.8 Å². The number of hydrogen-bond donors (Lipinski definition) is 2. The number of benzene rings is 1. The van der Waals surface area contributed by atoms with Crippen molar-refractivity contribution in [3.05, 3.63) is 59.1 Å². The van der Waals surface area contributed by atoms with Crippen LogP contribution in [0.3, 0.4) is 0 Å². The molecule has 1 aliphatic heterocycles. The number of anilines is 1. The Balaban J connectivity index is 1.53. The van der Waals surface area contributed by atoms with Gasteiger partial charge < -0.3 is 20.1 Å². The molecule has 1 saturated heterocycles. The zero-order valence-corrected chi connectivity index (χ0v) is 19.4. The topological polar surface area (TPSA) is 79.3 Å². The second-order valence-electron chi connectivity index (χ2n) is 8.61. The van der Waals surface area contributed by atoms with Crippen LogP contribution in [0, 0.1) is 5.82 Å². The van der Waals surface area contributed by atoms with Crippen molar-refractivity contribution in [3.63, 3.8) is 0 Å². The van der Waals surface area contributed by atoms with E-state index in [-0.39, 0.29) is 24.4 Å². The van der Waals surface area contributed by atoms with Crippen LogP contribution in [0.1, 0.15) is 37.2 Å². The highest BCUT2D eigenvalue weighted by molar-refractivity contribution is 6.30. The summed E-state index contributed by atoms with van der Waals surface area (Å²) in [7, 11) is 0. The van der Waals surface area contributed by atoms with Crippen LogP contribution in [0.4, 0.5) is 10.2 Å². The highest BCUT2D eigenvalue weighted by Gasteiger charge is 2.25. The summed E-state index contributed by atoms with van der Waals surface area (Å²) in [6.45, 7) is 6.07. The second kappa shape index (κ2) is 9.89. The van der Waals surface area contributed by atoms with Crippen molar-refractivity contribution in [2.75, 3.05) is 18.4 Å². The normalized spacial score (nSPS) is 15.2. The van der Waals surface area contributed by atoms with Gasteiger partial charge in [-0.05, 0) is 63.1 Å². The van der Waals surface area contributed by atoms with Crippen LogP contribution >= 0.6 is 11.6 Å². The minimum absolute atomic E-state index is 0.0581. The van der Waals surface area contributed by atoms with Crippen molar-refractivity contribution < 1.29 is 14.0 Å². The first-order chi connectivity index (χ1) is 15.8. The maximum absolute atomic E-state index is 13.8. The first-order valence-electron chi connectivity index (χ1n) is 11.1. The van der Waals surface area contributed by atoms with E-state index in [0.717, 1.165) is 25.9 Å². The lowest BCUT2D eigenvalue weighted by molar-refractivity contribution is -0.116. The fourth-order valence-corrected chi connectivity index (χ4v) is 4.31. The van der Waals surface area contributed by atoms with Gasteiger partial charge in [0, 0.05) is 42.3 Å². The molecule has 1 aromatic carbocycles. The molecule has 0 radical (unpaired) electrons. The van der Waals surface area contributed by atoms with Crippen molar-refractivity contribution in [1.82, 2.24) is 19.8 Å². The van der Waals surface area contributed by atoms with Gasteiger partial charge in [-0.15, -0.1) is 0 Å². The van der Waals surface area contributed by atoms with E-state index in [0.29, 0.717) is 33.5 Å². The van der Waals surface area contributed by atoms with E-state index in [2.05, 4.69) is 34.4 Å². The van der Waals surface area contributed by atoms with Gasteiger partial charge in [0.1, 0.15) is 23.9 Å². The maximum Gasteiger partial charge on any atom is 0.268 e. The van der Waals surface area contributed by atoms with Crippen molar-refractivity contribution in [2.24, 2.45) is 0 Å².